The van der Waals surface area contributed by atoms with Crippen LogP contribution in [0.3, 0.4) is 0 Å². The van der Waals surface area contributed by atoms with Gasteiger partial charge in [-0.1, -0.05) is 35.3 Å². The number of halogens is 2. The fraction of sp³-hybridized carbons (Fsp3) is 0.0667. The second-order valence-electron chi connectivity index (χ2n) is 4.42. The van der Waals surface area contributed by atoms with Crippen molar-refractivity contribution in [1.82, 2.24) is 9.97 Å². The topological polar surface area (TPSA) is 61.0 Å². The smallest absolute Gasteiger partial charge is 0.165 e. The number of para-hydroxylation sites is 1. The number of fused-ring (bicyclic) bond motifs is 1. The zero-order chi connectivity index (χ0) is 15.0. The second-order valence-corrected chi connectivity index (χ2v) is 5.26. The molecule has 1 heterocycles. The molecule has 0 unspecified atom stereocenters. The zero-order valence-corrected chi connectivity index (χ0v) is 12.6. The summed E-state index contributed by atoms with van der Waals surface area (Å²) in [5.41, 5.74) is 7.33. The molecule has 0 atom stereocenters. The first-order chi connectivity index (χ1) is 10.1. The summed E-state index contributed by atoms with van der Waals surface area (Å²) in [4.78, 5) is 8.83. The monoisotopic (exact) mass is 319 g/mol. The molecule has 21 heavy (non-hydrogen) atoms. The van der Waals surface area contributed by atoms with Crippen LogP contribution in [0.5, 0.6) is 5.75 Å². The van der Waals surface area contributed by atoms with E-state index in [1.807, 2.05) is 24.3 Å². The number of nitrogens with zero attached hydrogens (tertiary/aromatic N) is 2. The van der Waals surface area contributed by atoms with Crippen molar-refractivity contribution >= 4 is 39.9 Å². The predicted molar refractivity (Wildman–Crippen MR) is 86.0 cm³/mol. The number of benzene rings is 2. The van der Waals surface area contributed by atoms with Gasteiger partial charge < -0.3 is 10.5 Å². The maximum Gasteiger partial charge on any atom is 0.165 e. The molecule has 0 aliphatic heterocycles. The molecule has 6 heteroatoms. The van der Waals surface area contributed by atoms with Crippen LogP contribution in [0.2, 0.25) is 10.0 Å². The number of anilines is 1. The fourth-order valence-electron chi connectivity index (χ4n) is 2.13. The molecule has 3 rings (SSSR count). The molecule has 2 N–H and O–H groups in total. The summed E-state index contributed by atoms with van der Waals surface area (Å²) >= 11 is 12.2. The first-order valence-electron chi connectivity index (χ1n) is 6.16. The quantitative estimate of drug-likeness (QED) is 0.769. The van der Waals surface area contributed by atoms with Crippen LogP contribution in [0.4, 0.5) is 5.82 Å². The van der Waals surface area contributed by atoms with Gasteiger partial charge in [0.1, 0.15) is 11.6 Å². The van der Waals surface area contributed by atoms with Gasteiger partial charge in [-0.25, -0.2) is 9.97 Å². The summed E-state index contributed by atoms with van der Waals surface area (Å²) in [6, 6.07) is 10.8. The van der Waals surface area contributed by atoms with Gasteiger partial charge in [0.25, 0.3) is 0 Å². The lowest BCUT2D eigenvalue weighted by molar-refractivity contribution is 0.416. The Kier molecular flexibility index (Phi) is 3.57. The van der Waals surface area contributed by atoms with Crippen molar-refractivity contribution in [2.24, 2.45) is 0 Å². The molecular weight excluding hydrogens is 309 g/mol. The predicted octanol–water partition coefficient (Wildman–Crippen LogP) is 4.19. The van der Waals surface area contributed by atoms with E-state index in [0.29, 0.717) is 38.3 Å². The number of nitrogens with two attached hydrogens (primary N) is 1. The van der Waals surface area contributed by atoms with Gasteiger partial charge in [0.2, 0.25) is 0 Å². The van der Waals surface area contributed by atoms with E-state index in [1.165, 1.54) is 0 Å². The molecule has 2 aromatic carbocycles. The molecule has 0 aliphatic carbocycles. The molecule has 4 nitrogen and oxygen atoms in total. The van der Waals surface area contributed by atoms with E-state index in [2.05, 4.69) is 9.97 Å². The Bertz CT molecular complexity index is 837. The van der Waals surface area contributed by atoms with Gasteiger partial charge in [0, 0.05) is 10.4 Å². The maximum absolute atomic E-state index is 6.21. The Labute approximate surface area is 131 Å². The van der Waals surface area contributed by atoms with Crippen LogP contribution < -0.4 is 10.5 Å². The van der Waals surface area contributed by atoms with Crippen molar-refractivity contribution < 1.29 is 4.74 Å². The first-order valence-corrected chi connectivity index (χ1v) is 6.91. The minimum Gasteiger partial charge on any atom is -0.496 e. The number of rotatable bonds is 2. The Morgan fingerprint density at radius 1 is 1.10 bits per heavy atom. The van der Waals surface area contributed by atoms with Crippen molar-refractivity contribution in [1.29, 1.82) is 0 Å². The average molecular weight is 320 g/mol. The van der Waals surface area contributed by atoms with E-state index in [-0.39, 0.29) is 0 Å². The van der Waals surface area contributed by atoms with Crippen LogP contribution in [0.25, 0.3) is 22.3 Å². The molecule has 0 radical (unpaired) electrons. The summed E-state index contributed by atoms with van der Waals surface area (Å²) in [5, 5.41) is 1.56. The van der Waals surface area contributed by atoms with Gasteiger partial charge in [-0.2, -0.15) is 0 Å². The van der Waals surface area contributed by atoms with Gasteiger partial charge >= 0.3 is 0 Å². The third kappa shape index (κ3) is 2.48. The summed E-state index contributed by atoms with van der Waals surface area (Å²) < 4.78 is 5.33. The minimum absolute atomic E-state index is 0.324. The second kappa shape index (κ2) is 5.39. The maximum atomic E-state index is 6.21. The summed E-state index contributed by atoms with van der Waals surface area (Å²) in [7, 11) is 1.59. The molecule has 0 saturated carbocycles. The van der Waals surface area contributed by atoms with E-state index < -0.39 is 0 Å². The number of aromatic nitrogens is 2. The van der Waals surface area contributed by atoms with Crippen molar-refractivity contribution in [2.75, 3.05) is 12.8 Å². The van der Waals surface area contributed by atoms with Gasteiger partial charge in [-0.05, 0) is 24.3 Å². The molecule has 0 spiro atoms. The summed E-state index contributed by atoms with van der Waals surface area (Å²) in [6.45, 7) is 0. The molecule has 1 aromatic heterocycles. The third-order valence-electron chi connectivity index (χ3n) is 3.10. The molecule has 3 aromatic rings. The van der Waals surface area contributed by atoms with Gasteiger partial charge in [-0.3, -0.25) is 0 Å². The molecule has 0 fully saturated rings. The first kappa shape index (κ1) is 13.9. The molecule has 0 amide bonds. The SMILES string of the molecule is COc1ccccc1-c1nc(N)c2cc(Cl)cc(Cl)c2n1. The van der Waals surface area contributed by atoms with Crippen molar-refractivity contribution in [3.8, 4) is 17.1 Å². The van der Waals surface area contributed by atoms with Gasteiger partial charge in [0.05, 0.1) is 23.2 Å². The number of hydrogen-bond acceptors (Lipinski definition) is 4. The van der Waals surface area contributed by atoms with Gasteiger partial charge in [-0.15, -0.1) is 0 Å². The molecule has 106 valence electrons. The lowest BCUT2D eigenvalue weighted by Gasteiger charge is -2.10. The molecule has 0 bridgehead atoms. The van der Waals surface area contributed by atoms with Crippen LogP contribution in [0.1, 0.15) is 0 Å². The molecule has 0 aliphatic rings. The lowest BCUT2D eigenvalue weighted by Crippen LogP contribution is -1.99. The van der Waals surface area contributed by atoms with E-state index in [1.54, 1.807) is 19.2 Å². The van der Waals surface area contributed by atoms with E-state index in [4.69, 9.17) is 33.7 Å². The fourth-order valence-corrected chi connectivity index (χ4v) is 2.67. The highest BCUT2D eigenvalue weighted by molar-refractivity contribution is 6.38. The Morgan fingerprint density at radius 2 is 1.86 bits per heavy atom. The van der Waals surface area contributed by atoms with E-state index >= 15 is 0 Å². The Morgan fingerprint density at radius 3 is 2.62 bits per heavy atom. The van der Waals surface area contributed by atoms with Gasteiger partial charge in [0.15, 0.2) is 5.82 Å². The van der Waals surface area contributed by atoms with Crippen LogP contribution in [-0.2, 0) is 0 Å². The van der Waals surface area contributed by atoms with E-state index in [9.17, 15) is 0 Å². The standard InChI is InChI=1S/C15H11Cl2N3O/c1-21-12-5-3-2-4-9(12)15-19-13-10(14(18)20-15)6-8(16)7-11(13)17/h2-7H,1H3,(H2,18,19,20). The zero-order valence-electron chi connectivity index (χ0n) is 11.1. The van der Waals surface area contributed by atoms with E-state index in [0.717, 1.165) is 5.56 Å². The Hall–Kier alpha value is -2.04. The number of nitrogen functional groups attached to an aromatic ring is 1. The molecule has 0 saturated heterocycles. The van der Waals surface area contributed by atoms with Crippen LogP contribution in [-0.4, -0.2) is 17.1 Å². The lowest BCUT2D eigenvalue weighted by atomic mass is 10.1. The van der Waals surface area contributed by atoms with Crippen molar-refractivity contribution in [2.45, 2.75) is 0 Å². The van der Waals surface area contributed by atoms with Crippen molar-refractivity contribution in [3.63, 3.8) is 0 Å². The number of hydrogen-bond donors (Lipinski definition) is 1. The van der Waals surface area contributed by atoms with Crippen molar-refractivity contribution in [3.05, 3.63) is 46.4 Å². The van der Waals surface area contributed by atoms with Crippen LogP contribution >= 0.6 is 23.2 Å². The summed E-state index contributed by atoms with van der Waals surface area (Å²) in [6.07, 6.45) is 0. The molecular formula is C15H11Cl2N3O. The largest absolute Gasteiger partial charge is 0.496 e. The highest BCUT2D eigenvalue weighted by Crippen LogP contribution is 2.33. The van der Waals surface area contributed by atoms with Crippen LogP contribution in [0, 0.1) is 0 Å². The normalized spacial score (nSPS) is 10.8. The highest BCUT2D eigenvalue weighted by atomic mass is 35.5. The average Bonchev–Trinajstić information content (AvgIpc) is 2.48. The van der Waals surface area contributed by atoms with Crippen LogP contribution in [0.15, 0.2) is 36.4 Å². The highest BCUT2D eigenvalue weighted by Gasteiger charge is 2.13. The number of methoxy groups -OCH3 is 1. The Balaban J connectivity index is 2.30. The number of ether oxygens (including phenoxy) is 1. The third-order valence-corrected chi connectivity index (χ3v) is 3.60. The summed E-state index contributed by atoms with van der Waals surface area (Å²) in [5.74, 6) is 1.45. The minimum atomic E-state index is 0.324.